The second kappa shape index (κ2) is 9.46. The average Bonchev–Trinajstić information content (AvgIpc) is 3.58. The summed E-state index contributed by atoms with van der Waals surface area (Å²) in [4.78, 5) is 14.3. The number of nitrogens with zero attached hydrogens (tertiary/aromatic N) is 2. The number of sulfonamides is 1. The summed E-state index contributed by atoms with van der Waals surface area (Å²) >= 11 is 0. The van der Waals surface area contributed by atoms with Gasteiger partial charge in [-0.1, -0.05) is 0 Å². The Labute approximate surface area is 186 Å². The molecule has 1 aromatic carbocycles. The maximum absolute atomic E-state index is 12.1. The van der Waals surface area contributed by atoms with E-state index in [1.54, 1.807) is 18.2 Å². The summed E-state index contributed by atoms with van der Waals surface area (Å²) < 4.78 is 25.7. The van der Waals surface area contributed by atoms with Crippen molar-refractivity contribution in [3.63, 3.8) is 0 Å². The largest absolute Gasteiger partial charge is 0.382 e. The first-order valence-electron chi connectivity index (χ1n) is 11.7. The van der Waals surface area contributed by atoms with Gasteiger partial charge in [0, 0.05) is 61.6 Å². The Hall–Kier alpha value is -1.64. The van der Waals surface area contributed by atoms with Gasteiger partial charge in [0.25, 0.3) is 0 Å². The molecule has 0 radical (unpaired) electrons. The molecule has 172 valence electrons. The number of hydrogen-bond donors (Lipinski definition) is 2. The Bertz CT molecular complexity index is 861. The summed E-state index contributed by atoms with van der Waals surface area (Å²) in [6.45, 7) is 5.96. The summed E-state index contributed by atoms with van der Waals surface area (Å²) in [7, 11) is -3.10. The predicted octanol–water partition coefficient (Wildman–Crippen LogP) is 2.45. The van der Waals surface area contributed by atoms with E-state index in [9.17, 15) is 13.2 Å². The zero-order valence-corrected chi connectivity index (χ0v) is 19.5. The Morgan fingerprint density at radius 3 is 2.23 bits per heavy atom. The molecule has 2 saturated carbocycles. The highest BCUT2D eigenvalue weighted by atomic mass is 32.2. The summed E-state index contributed by atoms with van der Waals surface area (Å²) in [5.74, 6) is 0.627. The fourth-order valence-corrected chi connectivity index (χ4v) is 6.02. The van der Waals surface area contributed by atoms with Crippen LogP contribution < -0.4 is 15.5 Å². The molecule has 7 nitrogen and oxygen atoms in total. The summed E-state index contributed by atoms with van der Waals surface area (Å²) in [6.07, 6.45) is 5.41. The van der Waals surface area contributed by atoms with Gasteiger partial charge in [-0.3, -0.25) is 4.79 Å². The first kappa shape index (κ1) is 22.6. The van der Waals surface area contributed by atoms with Crippen molar-refractivity contribution >= 4 is 27.2 Å². The van der Waals surface area contributed by atoms with Gasteiger partial charge in [0.05, 0.1) is 5.75 Å². The van der Waals surface area contributed by atoms with E-state index in [0.717, 1.165) is 43.7 Å². The first-order chi connectivity index (χ1) is 14.9. The topological polar surface area (TPSA) is 81.8 Å². The Morgan fingerprint density at radius 1 is 1.00 bits per heavy atom. The first-order valence-corrected chi connectivity index (χ1v) is 13.3. The zero-order valence-electron chi connectivity index (χ0n) is 18.7. The molecule has 3 fully saturated rings. The van der Waals surface area contributed by atoms with Crippen molar-refractivity contribution in [2.24, 2.45) is 5.92 Å². The van der Waals surface area contributed by atoms with Gasteiger partial charge in [0.1, 0.15) is 5.78 Å². The van der Waals surface area contributed by atoms with Gasteiger partial charge in [-0.05, 0) is 70.2 Å². The number of ketones is 1. The minimum Gasteiger partial charge on any atom is -0.382 e. The predicted molar refractivity (Wildman–Crippen MR) is 125 cm³/mol. The van der Waals surface area contributed by atoms with E-state index in [-0.39, 0.29) is 17.7 Å². The maximum atomic E-state index is 12.1. The standard InChI is InChI=1S/C23H36N4O3S/c1-3-31(29,30)27-14-12-26(13-15-27)21-9-6-18(7-10-21)24-20-8-11-22(17(2)28)23(16-20)25-19-4-5-19/h6-7,9-10,19-20,22-25H,3-5,8,11-16H2,1-2H3. The Morgan fingerprint density at radius 2 is 1.65 bits per heavy atom. The zero-order chi connectivity index (χ0) is 22.0. The molecule has 1 saturated heterocycles. The molecule has 0 amide bonds. The van der Waals surface area contributed by atoms with Crippen molar-refractivity contribution in [3.05, 3.63) is 24.3 Å². The molecular formula is C23H36N4O3S. The number of hydrogen-bond acceptors (Lipinski definition) is 6. The number of piperazine rings is 1. The van der Waals surface area contributed by atoms with Crippen LogP contribution in [0.25, 0.3) is 0 Å². The van der Waals surface area contributed by atoms with Gasteiger partial charge in [-0.15, -0.1) is 0 Å². The quantitative estimate of drug-likeness (QED) is 0.636. The molecule has 2 N–H and O–H groups in total. The van der Waals surface area contributed by atoms with Crippen LogP contribution in [0.15, 0.2) is 24.3 Å². The molecule has 1 aromatic rings. The number of Topliss-reactive ketones (excluding diaryl/α,β-unsaturated/α-hetero) is 1. The molecular weight excluding hydrogens is 412 g/mol. The molecule has 3 atom stereocenters. The van der Waals surface area contributed by atoms with Crippen LogP contribution in [0.4, 0.5) is 11.4 Å². The monoisotopic (exact) mass is 448 g/mol. The van der Waals surface area contributed by atoms with Crippen LogP contribution in [-0.4, -0.2) is 68.6 Å². The van der Waals surface area contributed by atoms with Gasteiger partial charge in [0.15, 0.2) is 0 Å². The molecule has 0 bridgehead atoms. The molecule has 3 unspecified atom stereocenters. The SMILES string of the molecule is CCS(=O)(=O)N1CCN(c2ccc(NC3CCC(C(C)=O)C(NC4CC4)C3)cc2)CC1. The van der Waals surface area contributed by atoms with Crippen molar-refractivity contribution < 1.29 is 13.2 Å². The van der Waals surface area contributed by atoms with Crippen LogP contribution in [0.2, 0.25) is 0 Å². The second-order valence-corrected chi connectivity index (χ2v) is 11.5. The van der Waals surface area contributed by atoms with Crippen LogP contribution in [-0.2, 0) is 14.8 Å². The molecule has 3 aliphatic rings. The van der Waals surface area contributed by atoms with E-state index in [2.05, 4.69) is 39.8 Å². The highest BCUT2D eigenvalue weighted by molar-refractivity contribution is 7.89. The number of carbonyl (C=O) groups excluding carboxylic acids is 1. The number of carbonyl (C=O) groups is 1. The van der Waals surface area contributed by atoms with E-state index in [0.29, 0.717) is 31.0 Å². The van der Waals surface area contributed by atoms with Gasteiger partial charge in [-0.2, -0.15) is 4.31 Å². The third-order valence-corrected chi connectivity index (χ3v) is 8.88. The van der Waals surface area contributed by atoms with E-state index in [4.69, 9.17) is 0 Å². The number of nitrogens with one attached hydrogen (secondary N) is 2. The summed E-state index contributed by atoms with van der Waals surface area (Å²) in [5.41, 5.74) is 2.24. The highest BCUT2D eigenvalue weighted by Crippen LogP contribution is 2.31. The lowest BCUT2D eigenvalue weighted by molar-refractivity contribution is -0.122. The van der Waals surface area contributed by atoms with Crippen LogP contribution in [0, 0.1) is 5.92 Å². The molecule has 8 heteroatoms. The third kappa shape index (κ3) is 5.59. The number of rotatable bonds is 8. The van der Waals surface area contributed by atoms with Crippen LogP contribution in [0.1, 0.15) is 46.0 Å². The highest BCUT2D eigenvalue weighted by Gasteiger charge is 2.36. The normalized spacial score (nSPS) is 27.8. The van der Waals surface area contributed by atoms with Crippen LogP contribution in [0.5, 0.6) is 0 Å². The van der Waals surface area contributed by atoms with Gasteiger partial charge in [-0.25, -0.2) is 8.42 Å². The van der Waals surface area contributed by atoms with E-state index in [1.807, 2.05) is 0 Å². The maximum Gasteiger partial charge on any atom is 0.213 e. The Kier molecular flexibility index (Phi) is 6.89. The van der Waals surface area contributed by atoms with Crippen molar-refractivity contribution in [2.75, 3.05) is 42.1 Å². The minimum atomic E-state index is -3.10. The fraction of sp³-hybridized carbons (Fsp3) is 0.696. The lowest BCUT2D eigenvalue weighted by Gasteiger charge is -2.37. The van der Waals surface area contributed by atoms with Crippen molar-refractivity contribution in [1.29, 1.82) is 0 Å². The van der Waals surface area contributed by atoms with Gasteiger partial charge in [0.2, 0.25) is 10.0 Å². The fourth-order valence-electron chi connectivity index (χ4n) is 4.94. The van der Waals surface area contributed by atoms with Crippen LogP contribution >= 0.6 is 0 Å². The smallest absolute Gasteiger partial charge is 0.213 e. The molecule has 0 spiro atoms. The Balaban J connectivity index is 1.31. The average molecular weight is 449 g/mol. The van der Waals surface area contributed by atoms with Crippen molar-refractivity contribution in [2.45, 2.75) is 64.1 Å². The van der Waals surface area contributed by atoms with Gasteiger partial charge >= 0.3 is 0 Å². The molecule has 1 aliphatic heterocycles. The van der Waals surface area contributed by atoms with Crippen LogP contribution in [0.3, 0.4) is 0 Å². The van der Waals surface area contributed by atoms with Gasteiger partial charge < -0.3 is 15.5 Å². The molecule has 1 heterocycles. The summed E-state index contributed by atoms with van der Waals surface area (Å²) in [5, 5.41) is 7.37. The number of anilines is 2. The molecule has 2 aliphatic carbocycles. The lowest BCUT2D eigenvalue weighted by atomic mass is 9.79. The molecule has 4 rings (SSSR count). The van der Waals surface area contributed by atoms with E-state index < -0.39 is 10.0 Å². The van der Waals surface area contributed by atoms with E-state index in [1.165, 1.54) is 12.8 Å². The molecule has 31 heavy (non-hydrogen) atoms. The lowest BCUT2D eigenvalue weighted by Crippen LogP contribution is -2.49. The second-order valence-electron chi connectivity index (χ2n) is 9.25. The minimum absolute atomic E-state index is 0.149. The van der Waals surface area contributed by atoms with E-state index >= 15 is 0 Å². The summed E-state index contributed by atoms with van der Waals surface area (Å²) in [6, 6.07) is 9.74. The third-order valence-electron chi connectivity index (χ3n) is 7.00. The number of benzene rings is 1. The van der Waals surface area contributed by atoms with Crippen molar-refractivity contribution in [3.8, 4) is 0 Å². The van der Waals surface area contributed by atoms with Crippen molar-refractivity contribution in [1.82, 2.24) is 9.62 Å². The molecule has 0 aromatic heterocycles.